The van der Waals surface area contributed by atoms with E-state index in [1.165, 1.54) is 19.1 Å². The zero-order valence-electron chi connectivity index (χ0n) is 19.3. The van der Waals surface area contributed by atoms with E-state index in [4.69, 9.17) is 21.1 Å². The molecule has 0 amide bonds. The highest BCUT2D eigenvalue weighted by Gasteiger charge is 2.49. The molecule has 1 aliphatic heterocycles. The number of benzene rings is 1. The minimum absolute atomic E-state index is 0.114. The molecule has 3 atom stereocenters. The summed E-state index contributed by atoms with van der Waals surface area (Å²) in [7, 11) is 0. The van der Waals surface area contributed by atoms with Gasteiger partial charge < -0.3 is 23.8 Å². The molecule has 0 bridgehead atoms. The Morgan fingerprint density at radius 3 is 2.34 bits per heavy atom. The standard InChI is InChI=1S/C21H23ClF3NO9/c1-10(9-31-26(29)30)32-19(28)34-11(2)33-18(27)13-6-12-7-15(22)14(20(3,4)5)8-16(12)35-17(13)21(23,24)25/h6-8,10-11,17H,9H2,1-5H3/t10?,11?,17-/m0/s1. The van der Waals surface area contributed by atoms with Gasteiger partial charge in [-0.2, -0.15) is 13.2 Å². The second kappa shape index (κ2) is 10.6. The molecular formula is C21H23ClF3NO9. The molecule has 0 aliphatic carbocycles. The number of carbonyl (C=O) groups excluding carboxylic acids is 2. The predicted molar refractivity (Wildman–Crippen MR) is 114 cm³/mol. The smallest absolute Gasteiger partial charge is 0.475 e. The molecule has 0 radical (unpaired) electrons. The third kappa shape index (κ3) is 7.64. The van der Waals surface area contributed by atoms with E-state index in [0.717, 1.165) is 13.0 Å². The monoisotopic (exact) mass is 525 g/mol. The van der Waals surface area contributed by atoms with Crippen molar-refractivity contribution in [2.24, 2.45) is 0 Å². The molecule has 10 nitrogen and oxygen atoms in total. The third-order valence-electron chi connectivity index (χ3n) is 4.53. The molecule has 1 aromatic carbocycles. The largest absolute Gasteiger partial charge is 0.511 e. The number of rotatable bonds is 7. The van der Waals surface area contributed by atoms with Crippen LogP contribution in [-0.2, 0) is 29.3 Å². The van der Waals surface area contributed by atoms with Gasteiger partial charge in [0.2, 0.25) is 12.4 Å². The molecule has 1 heterocycles. The van der Waals surface area contributed by atoms with E-state index in [-0.39, 0.29) is 16.3 Å². The summed E-state index contributed by atoms with van der Waals surface area (Å²) < 4.78 is 60.4. The molecule has 0 saturated heterocycles. The van der Waals surface area contributed by atoms with Crippen LogP contribution in [0.2, 0.25) is 5.02 Å². The van der Waals surface area contributed by atoms with Crippen LogP contribution in [0.3, 0.4) is 0 Å². The molecule has 2 rings (SSSR count). The third-order valence-corrected chi connectivity index (χ3v) is 4.84. The van der Waals surface area contributed by atoms with E-state index in [1.54, 1.807) is 0 Å². The van der Waals surface area contributed by atoms with Crippen LogP contribution >= 0.6 is 11.6 Å². The zero-order chi connectivity index (χ0) is 26.7. The van der Waals surface area contributed by atoms with Gasteiger partial charge in [-0.05, 0) is 36.1 Å². The highest BCUT2D eigenvalue weighted by Crippen LogP contribution is 2.42. The Labute approximate surface area is 203 Å². The van der Waals surface area contributed by atoms with Crippen LogP contribution in [-0.4, -0.2) is 48.5 Å². The number of alkyl halides is 3. The van der Waals surface area contributed by atoms with Crippen LogP contribution in [0, 0.1) is 10.1 Å². The molecule has 0 fully saturated rings. The van der Waals surface area contributed by atoms with Crippen molar-refractivity contribution in [3.05, 3.63) is 44.0 Å². The van der Waals surface area contributed by atoms with Crippen molar-refractivity contribution in [2.75, 3.05) is 6.61 Å². The van der Waals surface area contributed by atoms with Gasteiger partial charge in [-0.15, -0.1) is 10.1 Å². The van der Waals surface area contributed by atoms with Crippen LogP contribution in [0.15, 0.2) is 17.7 Å². The first kappa shape index (κ1) is 28.0. The highest BCUT2D eigenvalue weighted by atomic mass is 35.5. The number of ether oxygens (including phenoxy) is 4. The minimum atomic E-state index is -4.97. The number of halogens is 4. The summed E-state index contributed by atoms with van der Waals surface area (Å²) in [6.45, 7) is 7.20. The van der Waals surface area contributed by atoms with E-state index < -0.39 is 59.5 Å². The first-order valence-electron chi connectivity index (χ1n) is 10.1. The van der Waals surface area contributed by atoms with Gasteiger partial charge in [0.15, 0.2) is 0 Å². The van der Waals surface area contributed by atoms with E-state index in [9.17, 15) is 32.9 Å². The van der Waals surface area contributed by atoms with Crippen LogP contribution in [0.5, 0.6) is 5.75 Å². The number of hydrogen-bond donors (Lipinski definition) is 0. The zero-order valence-corrected chi connectivity index (χ0v) is 20.1. The van der Waals surface area contributed by atoms with Gasteiger partial charge >= 0.3 is 18.3 Å². The second-order valence-corrected chi connectivity index (χ2v) is 8.95. The highest BCUT2D eigenvalue weighted by molar-refractivity contribution is 6.31. The minimum Gasteiger partial charge on any atom is -0.475 e. The molecule has 1 aromatic rings. The van der Waals surface area contributed by atoms with Crippen molar-refractivity contribution in [3.8, 4) is 5.75 Å². The van der Waals surface area contributed by atoms with Crippen molar-refractivity contribution < 1.29 is 51.6 Å². The lowest BCUT2D eigenvalue weighted by atomic mass is 9.85. The van der Waals surface area contributed by atoms with Crippen molar-refractivity contribution in [1.82, 2.24) is 0 Å². The summed E-state index contributed by atoms with van der Waals surface area (Å²) in [5.74, 6) is -1.57. The number of nitrogens with zero attached hydrogens (tertiary/aromatic N) is 1. The van der Waals surface area contributed by atoms with E-state index >= 15 is 0 Å². The van der Waals surface area contributed by atoms with E-state index in [0.29, 0.717) is 5.56 Å². The van der Waals surface area contributed by atoms with Gasteiger partial charge in [0, 0.05) is 17.5 Å². The Hall–Kier alpha value is -3.22. The molecule has 194 valence electrons. The molecule has 0 N–H and O–H groups in total. The SMILES string of the molecule is CC(CO[N+](=O)[O-])OC(=O)OC(C)OC(=O)C1=Cc2cc(Cl)c(C(C)(C)C)cc2O[C@@H]1C(F)(F)F. The van der Waals surface area contributed by atoms with Gasteiger partial charge in [-0.3, -0.25) is 0 Å². The van der Waals surface area contributed by atoms with Crippen molar-refractivity contribution in [3.63, 3.8) is 0 Å². The fourth-order valence-electron chi connectivity index (χ4n) is 2.97. The Bertz CT molecular complexity index is 1020. The normalized spacial score (nSPS) is 17.2. The molecule has 0 spiro atoms. The average molecular weight is 526 g/mol. The lowest BCUT2D eigenvalue weighted by molar-refractivity contribution is -0.759. The van der Waals surface area contributed by atoms with E-state index in [1.807, 2.05) is 20.8 Å². The Morgan fingerprint density at radius 2 is 1.80 bits per heavy atom. The predicted octanol–water partition coefficient (Wildman–Crippen LogP) is 4.98. The van der Waals surface area contributed by atoms with Crippen molar-refractivity contribution in [2.45, 2.75) is 64.7 Å². The van der Waals surface area contributed by atoms with Gasteiger partial charge in [0.25, 0.3) is 5.09 Å². The topological polar surface area (TPSA) is 123 Å². The summed E-state index contributed by atoms with van der Waals surface area (Å²) in [4.78, 5) is 38.4. The van der Waals surface area contributed by atoms with Gasteiger partial charge in [0.05, 0.1) is 5.57 Å². The summed E-state index contributed by atoms with van der Waals surface area (Å²) in [6, 6.07) is 2.77. The fraction of sp³-hybridized carbons (Fsp3) is 0.524. The molecule has 0 aromatic heterocycles. The molecule has 35 heavy (non-hydrogen) atoms. The second-order valence-electron chi connectivity index (χ2n) is 8.55. The number of carbonyl (C=O) groups is 2. The maximum absolute atomic E-state index is 13.7. The number of fused-ring (bicyclic) bond motifs is 1. The van der Waals surface area contributed by atoms with Gasteiger partial charge in [-0.1, -0.05) is 32.4 Å². The number of esters is 1. The Balaban J connectivity index is 2.19. The fourth-order valence-corrected chi connectivity index (χ4v) is 3.43. The van der Waals surface area contributed by atoms with Crippen molar-refractivity contribution in [1.29, 1.82) is 0 Å². The average Bonchev–Trinajstić information content (AvgIpc) is 2.68. The molecule has 0 saturated carbocycles. The molecular weight excluding hydrogens is 503 g/mol. The quantitative estimate of drug-likeness (QED) is 0.210. The maximum atomic E-state index is 13.7. The summed E-state index contributed by atoms with van der Waals surface area (Å²) in [6.07, 6.45) is -10.8. The van der Waals surface area contributed by atoms with Crippen LogP contribution in [0.25, 0.3) is 6.08 Å². The lowest BCUT2D eigenvalue weighted by Crippen LogP contribution is -2.41. The first-order valence-corrected chi connectivity index (χ1v) is 10.5. The van der Waals surface area contributed by atoms with Crippen LogP contribution in [0.4, 0.5) is 18.0 Å². The van der Waals surface area contributed by atoms with Crippen molar-refractivity contribution >= 4 is 29.8 Å². The van der Waals surface area contributed by atoms with E-state index in [2.05, 4.69) is 14.3 Å². The molecule has 2 unspecified atom stereocenters. The summed E-state index contributed by atoms with van der Waals surface area (Å²) in [5, 5.41) is 9.32. The van der Waals surface area contributed by atoms with Crippen LogP contribution < -0.4 is 4.74 Å². The Morgan fingerprint density at radius 1 is 1.17 bits per heavy atom. The molecule has 14 heteroatoms. The summed E-state index contributed by atoms with van der Waals surface area (Å²) in [5.41, 5.74) is -0.693. The summed E-state index contributed by atoms with van der Waals surface area (Å²) >= 11 is 6.28. The van der Waals surface area contributed by atoms with Crippen LogP contribution in [0.1, 0.15) is 45.7 Å². The number of hydrogen-bond acceptors (Lipinski definition) is 9. The maximum Gasteiger partial charge on any atom is 0.511 e. The van der Waals surface area contributed by atoms with Gasteiger partial charge in [-0.25, -0.2) is 9.59 Å². The van der Waals surface area contributed by atoms with Gasteiger partial charge in [0.1, 0.15) is 18.5 Å². The first-order chi connectivity index (χ1) is 16.0. The molecule has 1 aliphatic rings. The Kier molecular flexibility index (Phi) is 8.47. The lowest BCUT2D eigenvalue weighted by Gasteiger charge is -2.30.